The minimum atomic E-state index is -0.503. The lowest BCUT2D eigenvalue weighted by Crippen LogP contribution is -2.05. The molecular weight excluding hydrogens is 609 g/mol. The summed E-state index contributed by atoms with van der Waals surface area (Å²) in [5.41, 5.74) is 2.66. The van der Waals surface area contributed by atoms with Crippen LogP contribution in [0.2, 0.25) is 5.02 Å². The topological polar surface area (TPSA) is 57.1 Å². The molecule has 5 nitrogen and oxygen atoms in total. The van der Waals surface area contributed by atoms with Crippen molar-refractivity contribution in [3.63, 3.8) is 0 Å². The number of esters is 1. The molecule has 0 bridgehead atoms. The van der Waals surface area contributed by atoms with Gasteiger partial charge in [-0.3, -0.25) is 0 Å². The Morgan fingerprint density at radius 3 is 2.59 bits per heavy atom. The standard InChI is InChI=1S/C24H16BrClINO4/c1-30-22-11-15(4-9-21(22)31-13-14-2-6-17(26)7-3-14)10-20-24(29)32-23(28-20)16-5-8-19(27)18(25)12-16/h2-12H,13H2,1H3/b20-10-. The van der Waals surface area contributed by atoms with E-state index in [4.69, 9.17) is 25.8 Å². The summed E-state index contributed by atoms with van der Waals surface area (Å²) in [5, 5.41) is 0.676. The van der Waals surface area contributed by atoms with E-state index >= 15 is 0 Å². The molecule has 0 aromatic heterocycles. The van der Waals surface area contributed by atoms with Gasteiger partial charge in [-0.1, -0.05) is 29.8 Å². The molecule has 0 amide bonds. The van der Waals surface area contributed by atoms with E-state index in [1.54, 1.807) is 25.3 Å². The predicted octanol–water partition coefficient (Wildman–Crippen LogP) is 6.64. The Morgan fingerprint density at radius 1 is 1.09 bits per heavy atom. The van der Waals surface area contributed by atoms with Gasteiger partial charge in [0.25, 0.3) is 0 Å². The fourth-order valence-corrected chi connectivity index (χ4v) is 3.79. The van der Waals surface area contributed by atoms with Crippen LogP contribution in [0.4, 0.5) is 0 Å². The Labute approximate surface area is 212 Å². The van der Waals surface area contributed by atoms with E-state index < -0.39 is 5.97 Å². The van der Waals surface area contributed by atoms with E-state index in [2.05, 4.69) is 43.5 Å². The summed E-state index contributed by atoms with van der Waals surface area (Å²) in [6, 6.07) is 18.5. The molecule has 1 aliphatic heterocycles. The van der Waals surface area contributed by atoms with E-state index in [0.717, 1.165) is 24.7 Å². The van der Waals surface area contributed by atoms with Crippen LogP contribution in [-0.2, 0) is 16.1 Å². The molecule has 0 radical (unpaired) electrons. The van der Waals surface area contributed by atoms with Gasteiger partial charge in [0.15, 0.2) is 17.2 Å². The van der Waals surface area contributed by atoms with Crippen molar-refractivity contribution in [3.8, 4) is 11.5 Å². The summed E-state index contributed by atoms with van der Waals surface area (Å²) < 4.78 is 18.7. The third-order valence-corrected chi connectivity index (χ3v) is 7.18. The van der Waals surface area contributed by atoms with E-state index in [-0.39, 0.29) is 11.6 Å². The van der Waals surface area contributed by atoms with Gasteiger partial charge in [-0.2, -0.15) is 0 Å². The normalized spacial score (nSPS) is 14.3. The van der Waals surface area contributed by atoms with Gasteiger partial charge in [-0.05, 0) is 98.2 Å². The Hall–Kier alpha value is -2.36. The highest BCUT2D eigenvalue weighted by Crippen LogP contribution is 2.31. The maximum Gasteiger partial charge on any atom is 0.363 e. The quantitative estimate of drug-likeness (QED) is 0.175. The van der Waals surface area contributed by atoms with Gasteiger partial charge < -0.3 is 14.2 Å². The van der Waals surface area contributed by atoms with E-state index in [1.165, 1.54) is 0 Å². The highest BCUT2D eigenvalue weighted by molar-refractivity contribution is 14.1. The summed E-state index contributed by atoms with van der Waals surface area (Å²) in [5.74, 6) is 0.905. The van der Waals surface area contributed by atoms with Crippen molar-refractivity contribution in [1.82, 2.24) is 0 Å². The first-order valence-corrected chi connectivity index (χ1v) is 11.7. The lowest BCUT2D eigenvalue weighted by atomic mass is 10.1. The monoisotopic (exact) mass is 623 g/mol. The summed E-state index contributed by atoms with van der Waals surface area (Å²) in [6.07, 6.45) is 1.66. The van der Waals surface area contributed by atoms with Crippen molar-refractivity contribution in [3.05, 3.63) is 96.1 Å². The number of ether oxygens (including phenoxy) is 3. The molecule has 0 saturated carbocycles. The number of carbonyl (C=O) groups is 1. The summed E-state index contributed by atoms with van der Waals surface area (Å²) >= 11 is 11.6. The van der Waals surface area contributed by atoms with Crippen LogP contribution in [0.1, 0.15) is 16.7 Å². The number of rotatable bonds is 6. The molecule has 0 unspecified atom stereocenters. The Morgan fingerprint density at radius 2 is 1.88 bits per heavy atom. The lowest BCUT2D eigenvalue weighted by molar-refractivity contribution is -0.129. The minimum absolute atomic E-state index is 0.214. The van der Waals surface area contributed by atoms with Gasteiger partial charge in [-0.15, -0.1) is 0 Å². The molecule has 32 heavy (non-hydrogen) atoms. The maximum absolute atomic E-state index is 12.3. The lowest BCUT2D eigenvalue weighted by Gasteiger charge is -2.11. The molecule has 0 aliphatic carbocycles. The predicted molar refractivity (Wildman–Crippen MR) is 136 cm³/mol. The Bertz CT molecular complexity index is 1240. The van der Waals surface area contributed by atoms with Gasteiger partial charge in [0.05, 0.1) is 7.11 Å². The molecule has 3 aromatic carbocycles. The molecular formula is C24H16BrClINO4. The number of methoxy groups -OCH3 is 1. The summed E-state index contributed by atoms with van der Waals surface area (Å²) in [4.78, 5) is 16.7. The summed E-state index contributed by atoms with van der Waals surface area (Å²) in [7, 11) is 1.57. The van der Waals surface area contributed by atoms with Crippen LogP contribution in [0.3, 0.4) is 0 Å². The summed E-state index contributed by atoms with van der Waals surface area (Å²) in [6.45, 7) is 0.375. The van der Waals surface area contributed by atoms with Crippen LogP contribution < -0.4 is 9.47 Å². The van der Waals surface area contributed by atoms with Gasteiger partial charge in [0, 0.05) is 18.6 Å². The van der Waals surface area contributed by atoms with Crippen molar-refractivity contribution >= 4 is 68.1 Å². The zero-order valence-corrected chi connectivity index (χ0v) is 21.3. The second-order valence-electron chi connectivity index (χ2n) is 6.79. The van der Waals surface area contributed by atoms with Crippen LogP contribution in [0, 0.1) is 3.57 Å². The zero-order chi connectivity index (χ0) is 22.7. The van der Waals surface area contributed by atoms with E-state index in [9.17, 15) is 4.79 Å². The van der Waals surface area contributed by atoms with Crippen molar-refractivity contribution in [2.45, 2.75) is 6.61 Å². The van der Waals surface area contributed by atoms with Gasteiger partial charge >= 0.3 is 5.97 Å². The molecule has 0 saturated heterocycles. The van der Waals surface area contributed by atoms with Gasteiger partial charge in [-0.25, -0.2) is 9.79 Å². The number of hydrogen-bond acceptors (Lipinski definition) is 5. The minimum Gasteiger partial charge on any atom is -0.493 e. The third kappa shape index (κ3) is 5.33. The molecule has 1 heterocycles. The average Bonchev–Trinajstić information content (AvgIpc) is 3.15. The van der Waals surface area contributed by atoms with Crippen LogP contribution in [0.15, 0.2) is 75.8 Å². The van der Waals surface area contributed by atoms with Crippen molar-refractivity contribution in [2.24, 2.45) is 4.99 Å². The fraction of sp³-hybridized carbons (Fsp3) is 0.0833. The highest BCUT2D eigenvalue weighted by atomic mass is 127. The number of cyclic esters (lactones) is 1. The van der Waals surface area contributed by atoms with Crippen molar-refractivity contribution in [2.75, 3.05) is 7.11 Å². The first-order valence-electron chi connectivity index (χ1n) is 9.46. The largest absolute Gasteiger partial charge is 0.493 e. The number of nitrogens with zero attached hydrogens (tertiary/aromatic N) is 1. The maximum atomic E-state index is 12.3. The molecule has 8 heteroatoms. The number of halogens is 3. The van der Waals surface area contributed by atoms with Crippen molar-refractivity contribution in [1.29, 1.82) is 0 Å². The zero-order valence-electron chi connectivity index (χ0n) is 16.8. The molecule has 1 aliphatic rings. The molecule has 0 atom stereocenters. The molecule has 0 fully saturated rings. The second-order valence-corrected chi connectivity index (χ2v) is 9.24. The van der Waals surface area contributed by atoms with Crippen molar-refractivity contribution < 1.29 is 19.0 Å². The van der Waals surface area contributed by atoms with Gasteiger partial charge in [0.2, 0.25) is 5.90 Å². The van der Waals surface area contributed by atoms with E-state index in [0.29, 0.717) is 23.1 Å². The Kier molecular flexibility index (Phi) is 7.17. The second kappa shape index (κ2) is 10.1. The fourth-order valence-electron chi connectivity index (χ4n) is 2.95. The molecule has 0 spiro atoms. The van der Waals surface area contributed by atoms with Gasteiger partial charge in [0.1, 0.15) is 6.61 Å². The van der Waals surface area contributed by atoms with Crippen LogP contribution in [0.25, 0.3) is 6.08 Å². The molecule has 4 rings (SSSR count). The number of aliphatic imine (C=N–C) groups is 1. The smallest absolute Gasteiger partial charge is 0.363 e. The average molecular weight is 625 g/mol. The number of hydrogen-bond donors (Lipinski definition) is 0. The SMILES string of the molecule is COc1cc(/C=C2\N=C(c3ccc(I)c(Br)c3)OC2=O)ccc1OCc1ccc(Cl)cc1. The van der Waals surface area contributed by atoms with E-state index in [1.807, 2.05) is 48.5 Å². The Balaban J connectivity index is 1.54. The molecule has 3 aromatic rings. The third-order valence-electron chi connectivity index (χ3n) is 4.59. The first-order chi connectivity index (χ1) is 15.4. The van der Waals surface area contributed by atoms with Crippen LogP contribution >= 0.6 is 50.1 Å². The highest BCUT2D eigenvalue weighted by Gasteiger charge is 2.24. The first kappa shape index (κ1) is 22.8. The molecule has 0 N–H and O–H groups in total. The number of benzene rings is 3. The van der Waals surface area contributed by atoms with Crippen LogP contribution in [-0.4, -0.2) is 19.0 Å². The number of carbonyl (C=O) groups excluding carboxylic acids is 1. The van der Waals surface area contributed by atoms with Crippen LogP contribution in [0.5, 0.6) is 11.5 Å². The molecule has 162 valence electrons.